The molecule has 2 heterocycles. The molecule has 0 spiro atoms. The monoisotopic (exact) mass is 484 g/mol. The van der Waals surface area contributed by atoms with Crippen LogP contribution in [0.1, 0.15) is 36.9 Å². The van der Waals surface area contributed by atoms with Crippen LogP contribution in [0.4, 0.5) is 14.9 Å². The zero-order valence-electron chi connectivity index (χ0n) is 20.2. The second-order valence-corrected chi connectivity index (χ2v) is 8.48. The number of hydrogen-bond acceptors (Lipinski definition) is 5. The van der Waals surface area contributed by atoms with Crippen molar-refractivity contribution in [2.45, 2.75) is 26.8 Å². The molecule has 7 nitrogen and oxygen atoms in total. The molecule has 182 valence electrons. The highest BCUT2D eigenvalue weighted by Gasteiger charge is 2.36. The third kappa shape index (κ3) is 4.45. The summed E-state index contributed by atoms with van der Waals surface area (Å²) in [5, 5.41) is 7.26. The first-order chi connectivity index (χ1) is 17.4. The van der Waals surface area contributed by atoms with Gasteiger partial charge in [0, 0.05) is 11.3 Å². The Morgan fingerprint density at radius 1 is 1.00 bits per heavy atom. The van der Waals surface area contributed by atoms with Gasteiger partial charge in [-0.1, -0.05) is 35.0 Å². The van der Waals surface area contributed by atoms with E-state index in [9.17, 15) is 9.18 Å². The van der Waals surface area contributed by atoms with E-state index in [0.717, 1.165) is 22.4 Å². The van der Waals surface area contributed by atoms with E-state index in [-0.39, 0.29) is 17.7 Å². The topological polar surface area (TPSA) is 80.5 Å². The lowest BCUT2D eigenvalue weighted by Crippen LogP contribution is -2.46. The molecular weight excluding hydrogens is 459 g/mol. The molecule has 2 amide bonds. The van der Waals surface area contributed by atoms with Gasteiger partial charge in [0.1, 0.15) is 11.6 Å². The Bertz CT molecular complexity index is 1410. The first kappa shape index (κ1) is 23.3. The number of benzene rings is 3. The Balaban J connectivity index is 1.60. The molecule has 36 heavy (non-hydrogen) atoms. The predicted octanol–water partition coefficient (Wildman–Crippen LogP) is 6.28. The largest absolute Gasteiger partial charge is 0.494 e. The van der Waals surface area contributed by atoms with Crippen molar-refractivity contribution in [3.05, 3.63) is 101 Å². The zero-order chi connectivity index (χ0) is 25.2. The molecule has 3 aromatic carbocycles. The van der Waals surface area contributed by atoms with Gasteiger partial charge in [-0.2, -0.15) is 4.98 Å². The minimum Gasteiger partial charge on any atom is -0.494 e. The number of carbonyl (C=O) groups excluding carboxylic acids is 1. The van der Waals surface area contributed by atoms with Crippen LogP contribution in [-0.4, -0.2) is 22.8 Å². The van der Waals surface area contributed by atoms with Crippen LogP contribution in [0.25, 0.3) is 17.0 Å². The quantitative estimate of drug-likeness (QED) is 0.348. The second-order valence-electron chi connectivity index (χ2n) is 8.48. The lowest BCUT2D eigenvalue weighted by Gasteiger charge is -2.35. The van der Waals surface area contributed by atoms with Crippen molar-refractivity contribution >= 4 is 17.3 Å². The van der Waals surface area contributed by atoms with E-state index in [0.29, 0.717) is 29.4 Å². The van der Waals surface area contributed by atoms with Gasteiger partial charge in [0.15, 0.2) is 0 Å². The average molecular weight is 485 g/mol. The number of ether oxygens (including phenoxy) is 1. The van der Waals surface area contributed by atoms with Crippen molar-refractivity contribution < 1.29 is 18.4 Å². The lowest BCUT2D eigenvalue weighted by atomic mass is 9.94. The third-order valence-corrected chi connectivity index (χ3v) is 6.06. The Hall–Kier alpha value is -4.46. The molecule has 1 unspecified atom stereocenters. The van der Waals surface area contributed by atoms with Gasteiger partial charge in [0.25, 0.3) is 5.89 Å². The number of nitrogens with zero attached hydrogens (tertiary/aromatic N) is 3. The van der Waals surface area contributed by atoms with E-state index in [1.165, 1.54) is 17.0 Å². The van der Waals surface area contributed by atoms with Gasteiger partial charge in [-0.3, -0.25) is 4.90 Å². The summed E-state index contributed by atoms with van der Waals surface area (Å²) in [7, 11) is 0. The van der Waals surface area contributed by atoms with Crippen LogP contribution in [-0.2, 0) is 0 Å². The minimum absolute atomic E-state index is 0.286. The van der Waals surface area contributed by atoms with E-state index in [1.807, 2.05) is 69.3 Å². The fourth-order valence-corrected chi connectivity index (χ4v) is 4.25. The molecule has 0 saturated carbocycles. The molecule has 1 aromatic heterocycles. The summed E-state index contributed by atoms with van der Waals surface area (Å²) in [6, 6.07) is 20.2. The predicted molar refractivity (Wildman–Crippen MR) is 135 cm³/mol. The summed E-state index contributed by atoms with van der Waals surface area (Å²) in [5.41, 5.74) is 4.55. The van der Waals surface area contributed by atoms with E-state index in [1.54, 1.807) is 12.1 Å². The number of halogens is 1. The van der Waals surface area contributed by atoms with Gasteiger partial charge in [-0.05, 0) is 74.9 Å². The van der Waals surface area contributed by atoms with Crippen molar-refractivity contribution in [2.75, 3.05) is 11.5 Å². The van der Waals surface area contributed by atoms with Gasteiger partial charge in [-0.15, -0.1) is 0 Å². The van der Waals surface area contributed by atoms with Crippen molar-refractivity contribution in [1.82, 2.24) is 15.5 Å². The normalized spacial score (nSPS) is 15.7. The van der Waals surface area contributed by atoms with Gasteiger partial charge in [0.2, 0.25) is 5.82 Å². The zero-order valence-corrected chi connectivity index (χ0v) is 20.2. The maximum Gasteiger partial charge on any atom is 0.326 e. The summed E-state index contributed by atoms with van der Waals surface area (Å²) in [5.74, 6) is 1.08. The molecule has 1 N–H and O–H groups in total. The molecule has 1 atom stereocenters. The molecule has 1 aliphatic heterocycles. The number of carbonyl (C=O) groups is 1. The number of rotatable bonds is 6. The molecule has 5 rings (SSSR count). The Morgan fingerprint density at radius 3 is 2.36 bits per heavy atom. The maximum absolute atomic E-state index is 13.6. The molecule has 1 aliphatic rings. The van der Waals surface area contributed by atoms with E-state index < -0.39 is 6.04 Å². The number of hydrogen-bond donors (Lipinski definition) is 1. The Morgan fingerprint density at radius 2 is 1.69 bits per heavy atom. The molecule has 8 heteroatoms. The summed E-state index contributed by atoms with van der Waals surface area (Å²) < 4.78 is 24.8. The summed E-state index contributed by atoms with van der Waals surface area (Å²) >= 11 is 0. The van der Waals surface area contributed by atoms with Crippen molar-refractivity contribution in [2.24, 2.45) is 0 Å². The maximum atomic E-state index is 13.6. The first-order valence-electron chi connectivity index (χ1n) is 11.7. The van der Waals surface area contributed by atoms with E-state index in [4.69, 9.17) is 9.26 Å². The summed E-state index contributed by atoms with van der Waals surface area (Å²) in [4.78, 5) is 19.4. The standard InChI is InChI=1S/C28H25FN4O3/c1-4-35-23-15-9-20(10-16-23)26-31-27(36-32-26)24-18(3)33(22-13-11-21(29)12-14-22)28(34)30-25(24)19-7-5-17(2)6-8-19/h5-16,25H,4H2,1-3H3,(H,30,34). The van der Waals surface area contributed by atoms with Gasteiger partial charge >= 0.3 is 6.03 Å². The minimum atomic E-state index is -0.511. The van der Waals surface area contributed by atoms with Crippen LogP contribution >= 0.6 is 0 Å². The molecule has 0 saturated heterocycles. The number of amides is 2. The Labute approximate surface area is 208 Å². The lowest BCUT2D eigenvalue weighted by molar-refractivity contribution is 0.244. The molecular formula is C28H25FN4O3. The molecule has 0 bridgehead atoms. The van der Waals surface area contributed by atoms with Crippen LogP contribution < -0.4 is 15.0 Å². The number of aromatic nitrogens is 2. The van der Waals surface area contributed by atoms with Crippen molar-refractivity contribution in [1.29, 1.82) is 0 Å². The summed E-state index contributed by atoms with van der Waals surface area (Å²) in [6.07, 6.45) is 0. The fraction of sp³-hybridized carbons (Fsp3) is 0.179. The smallest absolute Gasteiger partial charge is 0.326 e. The highest BCUT2D eigenvalue weighted by molar-refractivity contribution is 6.01. The average Bonchev–Trinajstić information content (AvgIpc) is 3.36. The van der Waals surface area contributed by atoms with Crippen molar-refractivity contribution in [3.8, 4) is 17.1 Å². The Kier molecular flexibility index (Phi) is 6.25. The van der Waals surface area contributed by atoms with Gasteiger partial charge in [-0.25, -0.2) is 9.18 Å². The van der Waals surface area contributed by atoms with Crippen LogP contribution in [0.3, 0.4) is 0 Å². The number of aryl methyl sites for hydroxylation is 1. The van der Waals surface area contributed by atoms with E-state index in [2.05, 4.69) is 15.5 Å². The number of anilines is 1. The first-order valence-corrected chi connectivity index (χ1v) is 11.7. The van der Waals surface area contributed by atoms with Crippen LogP contribution in [0.5, 0.6) is 5.75 Å². The molecule has 0 aliphatic carbocycles. The SMILES string of the molecule is CCOc1ccc(-c2noc(C3=C(C)N(c4ccc(F)cc4)C(=O)NC3c3ccc(C)cc3)n2)cc1. The fourth-order valence-electron chi connectivity index (χ4n) is 4.25. The number of allylic oxidation sites excluding steroid dienone is 1. The molecule has 4 aromatic rings. The highest BCUT2D eigenvalue weighted by atomic mass is 19.1. The third-order valence-electron chi connectivity index (χ3n) is 6.06. The second kappa shape index (κ2) is 9.65. The van der Waals surface area contributed by atoms with Crippen LogP contribution in [0.15, 0.2) is 83.0 Å². The van der Waals surface area contributed by atoms with Crippen LogP contribution in [0.2, 0.25) is 0 Å². The highest BCUT2D eigenvalue weighted by Crippen LogP contribution is 2.39. The summed E-state index contributed by atoms with van der Waals surface area (Å²) in [6.45, 7) is 6.33. The number of urea groups is 1. The van der Waals surface area contributed by atoms with Crippen LogP contribution in [0, 0.1) is 12.7 Å². The number of nitrogens with one attached hydrogen (secondary N) is 1. The van der Waals surface area contributed by atoms with Gasteiger partial charge < -0.3 is 14.6 Å². The van der Waals surface area contributed by atoms with Crippen molar-refractivity contribution in [3.63, 3.8) is 0 Å². The molecule has 0 radical (unpaired) electrons. The van der Waals surface area contributed by atoms with E-state index >= 15 is 0 Å². The van der Waals surface area contributed by atoms with Gasteiger partial charge in [0.05, 0.1) is 23.9 Å². The molecule has 0 fully saturated rings.